The van der Waals surface area contributed by atoms with Gasteiger partial charge in [-0.25, -0.2) is 0 Å². The fraction of sp³-hybridized carbons (Fsp3) is 0.600. The highest BCUT2D eigenvalue weighted by Gasteiger charge is 2.36. The van der Waals surface area contributed by atoms with Crippen LogP contribution < -0.4 is 10.6 Å². The number of amides is 2. The maximum absolute atomic E-state index is 12.7. The molecule has 5 nitrogen and oxygen atoms in total. The van der Waals surface area contributed by atoms with Gasteiger partial charge in [0.05, 0.1) is 0 Å². The third kappa shape index (κ3) is 4.21. The van der Waals surface area contributed by atoms with Crippen LogP contribution in [0.3, 0.4) is 0 Å². The maximum atomic E-state index is 12.7. The molecule has 1 aromatic carbocycles. The molecule has 2 fully saturated rings. The fourth-order valence-electron chi connectivity index (χ4n) is 3.81. The molecule has 0 bridgehead atoms. The zero-order chi connectivity index (χ0) is 17.9. The van der Waals surface area contributed by atoms with Crippen LogP contribution >= 0.6 is 0 Å². The second-order valence-electron chi connectivity index (χ2n) is 7.76. The molecular formula is C20H29N3O2. The number of benzene rings is 1. The SMILES string of the molecule is CC(C)C(=O)Nc1ccc(C(=O)N2CCC3(CCNCC3)CC2)cc1. The van der Waals surface area contributed by atoms with Crippen LogP contribution in [0.25, 0.3) is 0 Å². The zero-order valence-electron chi connectivity index (χ0n) is 15.3. The van der Waals surface area contributed by atoms with Crippen LogP contribution in [0.15, 0.2) is 24.3 Å². The molecule has 2 saturated heterocycles. The summed E-state index contributed by atoms with van der Waals surface area (Å²) in [4.78, 5) is 26.5. The summed E-state index contributed by atoms with van der Waals surface area (Å²) in [6.45, 7) is 7.64. The van der Waals surface area contributed by atoms with Gasteiger partial charge in [-0.2, -0.15) is 0 Å². The first-order chi connectivity index (χ1) is 12.0. The molecule has 5 heteroatoms. The fourth-order valence-corrected chi connectivity index (χ4v) is 3.81. The molecule has 2 aliphatic rings. The van der Waals surface area contributed by atoms with Gasteiger partial charge in [0.25, 0.3) is 5.91 Å². The van der Waals surface area contributed by atoms with Crippen LogP contribution in [0.1, 0.15) is 49.9 Å². The predicted octanol–water partition coefficient (Wildman–Crippen LogP) is 2.89. The van der Waals surface area contributed by atoms with Crippen molar-refractivity contribution in [3.63, 3.8) is 0 Å². The molecule has 0 saturated carbocycles. The highest BCUT2D eigenvalue weighted by Crippen LogP contribution is 2.39. The predicted molar refractivity (Wildman–Crippen MR) is 99.6 cm³/mol. The molecule has 0 aromatic heterocycles. The van der Waals surface area contributed by atoms with E-state index in [9.17, 15) is 9.59 Å². The van der Waals surface area contributed by atoms with E-state index < -0.39 is 0 Å². The number of hydrogen-bond donors (Lipinski definition) is 2. The van der Waals surface area contributed by atoms with Crippen molar-refractivity contribution >= 4 is 17.5 Å². The number of rotatable bonds is 3. The number of piperidine rings is 2. The Kier molecular flexibility index (Phi) is 5.42. The quantitative estimate of drug-likeness (QED) is 0.887. The van der Waals surface area contributed by atoms with Crippen molar-refractivity contribution in [1.82, 2.24) is 10.2 Å². The first-order valence-corrected chi connectivity index (χ1v) is 9.40. The van der Waals surface area contributed by atoms with Crippen molar-refractivity contribution < 1.29 is 9.59 Å². The number of hydrogen-bond acceptors (Lipinski definition) is 3. The molecule has 1 aromatic rings. The van der Waals surface area contributed by atoms with E-state index in [0.29, 0.717) is 11.0 Å². The minimum absolute atomic E-state index is 0.0117. The van der Waals surface area contributed by atoms with E-state index in [4.69, 9.17) is 0 Å². The Balaban J connectivity index is 1.57. The van der Waals surface area contributed by atoms with Crippen LogP contribution in [-0.4, -0.2) is 42.9 Å². The Morgan fingerprint density at radius 3 is 2.20 bits per heavy atom. The number of carbonyl (C=O) groups is 2. The molecule has 2 amide bonds. The van der Waals surface area contributed by atoms with Crippen molar-refractivity contribution in [3.05, 3.63) is 29.8 Å². The molecule has 0 radical (unpaired) electrons. The summed E-state index contributed by atoms with van der Waals surface area (Å²) in [5.74, 6) is 0.0323. The van der Waals surface area contributed by atoms with Crippen LogP contribution in [0, 0.1) is 11.3 Å². The third-order valence-electron chi connectivity index (χ3n) is 5.70. The number of nitrogens with zero attached hydrogens (tertiary/aromatic N) is 1. The van der Waals surface area contributed by atoms with Gasteiger partial charge in [0, 0.05) is 30.3 Å². The maximum Gasteiger partial charge on any atom is 0.253 e. The van der Waals surface area contributed by atoms with E-state index in [1.54, 1.807) is 0 Å². The van der Waals surface area contributed by atoms with Crippen LogP contribution in [0.2, 0.25) is 0 Å². The van der Waals surface area contributed by atoms with Gasteiger partial charge in [-0.3, -0.25) is 9.59 Å². The van der Waals surface area contributed by atoms with Crippen molar-refractivity contribution in [2.75, 3.05) is 31.5 Å². The van der Waals surface area contributed by atoms with E-state index >= 15 is 0 Å². The highest BCUT2D eigenvalue weighted by molar-refractivity contribution is 5.96. The van der Waals surface area contributed by atoms with E-state index in [0.717, 1.165) is 44.7 Å². The van der Waals surface area contributed by atoms with E-state index in [1.807, 2.05) is 43.0 Å². The number of nitrogens with one attached hydrogen (secondary N) is 2. The molecule has 1 spiro atoms. The van der Waals surface area contributed by atoms with E-state index in [1.165, 1.54) is 12.8 Å². The monoisotopic (exact) mass is 343 g/mol. The second kappa shape index (κ2) is 7.56. The number of likely N-dealkylation sites (tertiary alicyclic amines) is 1. The molecule has 0 atom stereocenters. The van der Waals surface area contributed by atoms with E-state index in [-0.39, 0.29) is 17.7 Å². The summed E-state index contributed by atoms with van der Waals surface area (Å²) in [6, 6.07) is 7.25. The van der Waals surface area contributed by atoms with Gasteiger partial charge in [-0.15, -0.1) is 0 Å². The van der Waals surface area contributed by atoms with Crippen molar-refractivity contribution in [2.45, 2.75) is 39.5 Å². The summed E-state index contributed by atoms with van der Waals surface area (Å²) >= 11 is 0. The molecule has 3 rings (SSSR count). The molecule has 136 valence electrons. The Hall–Kier alpha value is -1.88. The molecule has 2 N–H and O–H groups in total. The number of carbonyl (C=O) groups excluding carboxylic acids is 2. The topological polar surface area (TPSA) is 61.4 Å². The van der Waals surface area contributed by atoms with Gasteiger partial charge in [0.1, 0.15) is 0 Å². The lowest BCUT2D eigenvalue weighted by molar-refractivity contribution is -0.118. The average molecular weight is 343 g/mol. The highest BCUT2D eigenvalue weighted by atomic mass is 16.2. The van der Waals surface area contributed by atoms with Gasteiger partial charge in [0.15, 0.2) is 0 Å². The summed E-state index contributed by atoms with van der Waals surface area (Å²) < 4.78 is 0. The Morgan fingerprint density at radius 2 is 1.64 bits per heavy atom. The molecule has 2 heterocycles. The zero-order valence-corrected chi connectivity index (χ0v) is 15.3. The molecule has 0 aliphatic carbocycles. The summed E-state index contributed by atoms with van der Waals surface area (Å²) in [7, 11) is 0. The van der Waals surface area contributed by atoms with Crippen molar-refractivity contribution in [1.29, 1.82) is 0 Å². The Labute approximate surface area is 150 Å². The van der Waals surface area contributed by atoms with Crippen LogP contribution in [0.4, 0.5) is 5.69 Å². The van der Waals surface area contributed by atoms with Crippen LogP contribution in [-0.2, 0) is 4.79 Å². The Bertz CT molecular complexity index is 608. The molecular weight excluding hydrogens is 314 g/mol. The lowest BCUT2D eigenvalue weighted by atomic mass is 9.71. The third-order valence-corrected chi connectivity index (χ3v) is 5.70. The smallest absolute Gasteiger partial charge is 0.253 e. The lowest BCUT2D eigenvalue weighted by Crippen LogP contribution is -2.47. The molecule has 0 unspecified atom stereocenters. The first kappa shape index (κ1) is 17.9. The molecule has 25 heavy (non-hydrogen) atoms. The van der Waals surface area contributed by atoms with Crippen LogP contribution in [0.5, 0.6) is 0 Å². The Morgan fingerprint density at radius 1 is 1.04 bits per heavy atom. The first-order valence-electron chi connectivity index (χ1n) is 9.40. The van der Waals surface area contributed by atoms with E-state index in [2.05, 4.69) is 10.6 Å². The van der Waals surface area contributed by atoms with Gasteiger partial charge in [-0.1, -0.05) is 13.8 Å². The second-order valence-corrected chi connectivity index (χ2v) is 7.76. The summed E-state index contributed by atoms with van der Waals surface area (Å²) in [5, 5.41) is 6.29. The van der Waals surface area contributed by atoms with Gasteiger partial charge < -0.3 is 15.5 Å². The standard InChI is InChI=1S/C20H29N3O2/c1-15(2)18(24)22-17-5-3-16(4-6-17)19(25)23-13-9-20(10-14-23)7-11-21-12-8-20/h3-6,15,21H,7-14H2,1-2H3,(H,22,24). The van der Waals surface area contributed by atoms with Gasteiger partial charge in [-0.05, 0) is 68.5 Å². The summed E-state index contributed by atoms with van der Waals surface area (Å²) in [5.41, 5.74) is 1.89. The minimum Gasteiger partial charge on any atom is -0.339 e. The lowest BCUT2D eigenvalue weighted by Gasteiger charge is -2.44. The average Bonchev–Trinajstić information content (AvgIpc) is 2.63. The van der Waals surface area contributed by atoms with Crippen molar-refractivity contribution in [3.8, 4) is 0 Å². The van der Waals surface area contributed by atoms with Gasteiger partial charge in [0.2, 0.25) is 5.91 Å². The number of anilines is 1. The van der Waals surface area contributed by atoms with Crippen molar-refractivity contribution in [2.24, 2.45) is 11.3 Å². The largest absolute Gasteiger partial charge is 0.339 e. The minimum atomic E-state index is -0.0584. The molecule has 2 aliphatic heterocycles. The summed E-state index contributed by atoms with van der Waals surface area (Å²) in [6.07, 6.45) is 4.70. The van der Waals surface area contributed by atoms with Gasteiger partial charge >= 0.3 is 0 Å². The normalized spacial score (nSPS) is 19.9.